The molecular weight excluding hydrogens is 335 g/mol. The number of aromatic nitrogens is 4. The summed E-state index contributed by atoms with van der Waals surface area (Å²) in [5.41, 5.74) is 2.40. The van der Waals surface area contributed by atoms with E-state index in [1.807, 2.05) is 26.0 Å². The molecule has 7 heteroatoms. The van der Waals surface area contributed by atoms with E-state index in [4.69, 9.17) is 27.9 Å². The summed E-state index contributed by atoms with van der Waals surface area (Å²) in [5, 5.41) is 9.88. The molecule has 118 valence electrons. The molecule has 5 nitrogen and oxygen atoms in total. The van der Waals surface area contributed by atoms with E-state index in [0.717, 1.165) is 29.6 Å². The van der Waals surface area contributed by atoms with E-state index in [2.05, 4.69) is 20.2 Å². The Morgan fingerprint density at radius 3 is 2.57 bits per heavy atom. The summed E-state index contributed by atoms with van der Waals surface area (Å²) in [7, 11) is 0. The molecule has 2 aromatic heterocycles. The highest BCUT2D eigenvalue weighted by Gasteiger charge is 2.10. The zero-order valence-corrected chi connectivity index (χ0v) is 14.2. The van der Waals surface area contributed by atoms with Crippen LogP contribution in [0.2, 0.25) is 10.0 Å². The summed E-state index contributed by atoms with van der Waals surface area (Å²) in [6.45, 7) is 4.05. The van der Waals surface area contributed by atoms with Crippen molar-refractivity contribution in [2.45, 2.75) is 26.7 Å². The Morgan fingerprint density at radius 1 is 1.04 bits per heavy atom. The van der Waals surface area contributed by atoms with Crippen molar-refractivity contribution in [3.8, 4) is 11.8 Å². The highest BCUT2D eigenvalue weighted by atomic mass is 35.5. The molecule has 0 fully saturated rings. The zero-order valence-electron chi connectivity index (χ0n) is 12.7. The van der Waals surface area contributed by atoms with E-state index < -0.39 is 0 Å². The van der Waals surface area contributed by atoms with Gasteiger partial charge in [-0.2, -0.15) is 4.98 Å². The largest absolute Gasteiger partial charge is 0.422 e. The fourth-order valence-corrected chi connectivity index (χ4v) is 2.62. The van der Waals surface area contributed by atoms with E-state index >= 15 is 0 Å². The number of pyridine rings is 1. The smallest absolute Gasteiger partial charge is 0.341 e. The average Bonchev–Trinajstić information content (AvgIpc) is 2.58. The normalized spacial score (nSPS) is 11.0. The molecule has 0 saturated heterocycles. The first-order valence-electron chi connectivity index (χ1n) is 7.26. The van der Waals surface area contributed by atoms with Crippen LogP contribution in [0, 0.1) is 0 Å². The van der Waals surface area contributed by atoms with Crippen molar-refractivity contribution >= 4 is 34.1 Å². The lowest BCUT2D eigenvalue weighted by molar-refractivity contribution is 0.427. The summed E-state index contributed by atoms with van der Waals surface area (Å²) in [6, 6.07) is 5.58. The molecule has 23 heavy (non-hydrogen) atoms. The van der Waals surface area contributed by atoms with E-state index in [0.29, 0.717) is 21.3 Å². The molecule has 2 heterocycles. The predicted molar refractivity (Wildman–Crippen MR) is 90.4 cm³/mol. The monoisotopic (exact) mass is 348 g/mol. The second kappa shape index (κ2) is 6.64. The molecule has 3 aromatic rings. The number of hydrogen-bond acceptors (Lipinski definition) is 5. The lowest BCUT2D eigenvalue weighted by Gasteiger charge is -2.08. The number of nitrogens with zero attached hydrogens (tertiary/aromatic N) is 4. The first kappa shape index (κ1) is 15.9. The van der Waals surface area contributed by atoms with Gasteiger partial charge in [0.1, 0.15) is 5.75 Å². The number of halogens is 2. The first-order valence-corrected chi connectivity index (χ1v) is 8.02. The summed E-state index contributed by atoms with van der Waals surface area (Å²) < 4.78 is 5.68. The van der Waals surface area contributed by atoms with Crippen molar-refractivity contribution in [2.24, 2.45) is 0 Å². The van der Waals surface area contributed by atoms with Gasteiger partial charge in [0.05, 0.1) is 33.1 Å². The Hall–Kier alpha value is -1.98. The number of hydrogen-bond donors (Lipinski definition) is 0. The van der Waals surface area contributed by atoms with Crippen LogP contribution in [0.25, 0.3) is 10.9 Å². The van der Waals surface area contributed by atoms with Crippen molar-refractivity contribution in [3.63, 3.8) is 0 Å². The van der Waals surface area contributed by atoms with Gasteiger partial charge in [0.15, 0.2) is 0 Å². The molecule has 0 spiro atoms. The highest BCUT2D eigenvalue weighted by molar-refractivity contribution is 6.44. The highest BCUT2D eigenvalue weighted by Crippen LogP contribution is 2.31. The third-order valence-electron chi connectivity index (χ3n) is 3.42. The third kappa shape index (κ3) is 3.21. The lowest BCUT2D eigenvalue weighted by atomic mass is 10.2. The number of rotatable bonds is 4. The SMILES string of the molecule is CCc1nnc(Oc2cnc3c(Cl)c(Cl)ccc3c2)nc1CC. The molecule has 1 aromatic carbocycles. The predicted octanol–water partition coefficient (Wildman–Crippen LogP) is 4.64. The summed E-state index contributed by atoms with van der Waals surface area (Å²) in [6.07, 6.45) is 3.13. The number of fused-ring (bicyclic) bond motifs is 1. The minimum absolute atomic E-state index is 0.209. The standard InChI is InChI=1S/C16H14Cl2N4O/c1-3-12-13(4-2)21-22-16(20-12)23-10-7-9-5-6-11(17)14(18)15(9)19-8-10/h5-8H,3-4H2,1-2H3. The number of benzene rings is 1. The summed E-state index contributed by atoms with van der Waals surface area (Å²) >= 11 is 12.1. The zero-order chi connectivity index (χ0) is 16.4. The molecule has 0 radical (unpaired) electrons. The van der Waals surface area contributed by atoms with Crippen molar-refractivity contribution < 1.29 is 4.74 Å². The molecule has 0 unspecified atom stereocenters. The van der Waals surface area contributed by atoms with Crippen LogP contribution in [0.1, 0.15) is 25.2 Å². The quantitative estimate of drug-likeness (QED) is 0.686. The molecule has 0 aliphatic carbocycles. The van der Waals surface area contributed by atoms with Crippen LogP contribution >= 0.6 is 23.2 Å². The Bertz CT molecular complexity index is 870. The molecule has 3 rings (SSSR count). The van der Waals surface area contributed by atoms with Crippen molar-refractivity contribution in [3.05, 3.63) is 45.8 Å². The maximum atomic E-state index is 6.14. The van der Waals surface area contributed by atoms with Crippen molar-refractivity contribution in [2.75, 3.05) is 0 Å². The van der Waals surface area contributed by atoms with Gasteiger partial charge >= 0.3 is 6.01 Å². The molecule has 0 saturated carbocycles. The Morgan fingerprint density at radius 2 is 1.83 bits per heavy atom. The minimum Gasteiger partial charge on any atom is -0.422 e. The van der Waals surface area contributed by atoms with Gasteiger partial charge in [0.25, 0.3) is 0 Å². The molecule has 0 atom stereocenters. The van der Waals surface area contributed by atoms with Crippen molar-refractivity contribution in [1.82, 2.24) is 20.2 Å². The van der Waals surface area contributed by atoms with Crippen LogP contribution in [0.4, 0.5) is 0 Å². The van der Waals surface area contributed by atoms with Gasteiger partial charge in [-0.1, -0.05) is 48.2 Å². The topological polar surface area (TPSA) is 60.8 Å². The Labute approximate surface area is 143 Å². The van der Waals surface area contributed by atoms with Crippen molar-refractivity contribution in [1.29, 1.82) is 0 Å². The van der Waals surface area contributed by atoms with E-state index in [-0.39, 0.29) is 6.01 Å². The van der Waals surface area contributed by atoms with Gasteiger partial charge in [-0.15, -0.1) is 5.10 Å². The van der Waals surface area contributed by atoms with Crippen LogP contribution in [-0.2, 0) is 12.8 Å². The van der Waals surface area contributed by atoms with Gasteiger partial charge in [-0.05, 0) is 25.0 Å². The van der Waals surface area contributed by atoms with Crippen LogP contribution in [0.3, 0.4) is 0 Å². The van der Waals surface area contributed by atoms with Crippen LogP contribution < -0.4 is 4.74 Å². The molecule has 0 amide bonds. The molecule has 0 aliphatic rings. The Balaban J connectivity index is 1.94. The fourth-order valence-electron chi connectivity index (χ4n) is 2.25. The Kier molecular flexibility index (Phi) is 4.59. The second-order valence-electron chi connectivity index (χ2n) is 4.90. The van der Waals surface area contributed by atoms with Gasteiger partial charge in [-0.25, -0.2) is 0 Å². The van der Waals surface area contributed by atoms with Crippen LogP contribution in [-0.4, -0.2) is 20.2 Å². The summed E-state index contributed by atoms with van der Waals surface area (Å²) in [4.78, 5) is 8.69. The molecular formula is C16H14Cl2N4O. The second-order valence-corrected chi connectivity index (χ2v) is 5.69. The maximum Gasteiger partial charge on any atom is 0.341 e. The maximum absolute atomic E-state index is 6.14. The first-order chi connectivity index (χ1) is 11.1. The molecule has 0 N–H and O–H groups in total. The molecule has 0 aliphatic heterocycles. The third-order valence-corrected chi connectivity index (χ3v) is 4.21. The average molecular weight is 349 g/mol. The van der Waals surface area contributed by atoms with E-state index in [9.17, 15) is 0 Å². The van der Waals surface area contributed by atoms with E-state index in [1.165, 1.54) is 0 Å². The molecule has 0 bridgehead atoms. The van der Waals surface area contributed by atoms with Gasteiger partial charge in [-0.3, -0.25) is 4.98 Å². The summed E-state index contributed by atoms with van der Waals surface area (Å²) in [5.74, 6) is 0.518. The van der Waals surface area contributed by atoms with Gasteiger partial charge < -0.3 is 4.74 Å². The van der Waals surface area contributed by atoms with Gasteiger partial charge in [0.2, 0.25) is 0 Å². The number of ether oxygens (including phenoxy) is 1. The lowest BCUT2D eigenvalue weighted by Crippen LogP contribution is -2.04. The van der Waals surface area contributed by atoms with Gasteiger partial charge in [0, 0.05) is 5.39 Å². The van der Waals surface area contributed by atoms with E-state index in [1.54, 1.807) is 12.3 Å². The van der Waals surface area contributed by atoms with Crippen LogP contribution in [0.5, 0.6) is 11.8 Å². The minimum atomic E-state index is 0.209. The fraction of sp³-hybridized carbons (Fsp3) is 0.250. The van der Waals surface area contributed by atoms with Crippen LogP contribution in [0.15, 0.2) is 24.4 Å². The number of aryl methyl sites for hydroxylation is 2.